The summed E-state index contributed by atoms with van der Waals surface area (Å²) in [5.41, 5.74) is 2.54. The molecule has 0 aliphatic carbocycles. The van der Waals surface area contributed by atoms with Crippen molar-refractivity contribution in [1.29, 1.82) is 0 Å². The minimum Gasteiger partial charge on any atom is -0.360 e. The first-order valence-electron chi connectivity index (χ1n) is 7.43. The average molecular weight is 296 g/mol. The van der Waals surface area contributed by atoms with Gasteiger partial charge in [0.25, 0.3) is 0 Å². The highest BCUT2D eigenvalue weighted by molar-refractivity contribution is 7.80. The van der Waals surface area contributed by atoms with Crippen molar-refractivity contribution in [2.24, 2.45) is 0 Å². The maximum Gasteiger partial charge on any atom is 0.109 e. The summed E-state index contributed by atoms with van der Waals surface area (Å²) in [4.78, 5) is 5.81. The van der Waals surface area contributed by atoms with E-state index in [0.29, 0.717) is 0 Å². The van der Waals surface area contributed by atoms with Gasteiger partial charge in [0.1, 0.15) is 4.99 Å². The normalized spacial score (nSPS) is 15.9. The lowest BCUT2D eigenvalue weighted by Gasteiger charge is -2.36. The Morgan fingerprint density at radius 2 is 1.38 bits per heavy atom. The Balaban J connectivity index is 1.54. The molecule has 1 heterocycles. The molecule has 0 radical (unpaired) electrons. The van der Waals surface area contributed by atoms with Gasteiger partial charge in [-0.25, -0.2) is 0 Å². The minimum atomic E-state index is 0.981. The van der Waals surface area contributed by atoms with E-state index in [0.717, 1.165) is 43.3 Å². The second kappa shape index (κ2) is 6.83. The second-order valence-electron chi connectivity index (χ2n) is 5.42. The van der Waals surface area contributed by atoms with E-state index in [1.54, 1.807) is 0 Å². The van der Waals surface area contributed by atoms with Gasteiger partial charge in [-0.1, -0.05) is 72.9 Å². The van der Waals surface area contributed by atoms with E-state index in [1.807, 2.05) is 18.2 Å². The van der Waals surface area contributed by atoms with Crippen molar-refractivity contribution in [2.45, 2.75) is 6.54 Å². The third-order valence-electron chi connectivity index (χ3n) is 3.93. The Morgan fingerprint density at radius 1 is 0.810 bits per heavy atom. The molecule has 0 bridgehead atoms. The van der Waals surface area contributed by atoms with Crippen molar-refractivity contribution in [3.05, 3.63) is 71.8 Å². The van der Waals surface area contributed by atoms with Crippen LogP contribution in [0.5, 0.6) is 0 Å². The van der Waals surface area contributed by atoms with E-state index in [4.69, 9.17) is 12.2 Å². The van der Waals surface area contributed by atoms with Crippen LogP contribution in [0.3, 0.4) is 0 Å². The minimum absolute atomic E-state index is 0.981. The summed E-state index contributed by atoms with van der Waals surface area (Å²) in [6, 6.07) is 21.0. The molecule has 2 aromatic rings. The predicted octanol–water partition coefficient (Wildman–Crippen LogP) is 3.18. The summed E-state index contributed by atoms with van der Waals surface area (Å²) in [7, 11) is 0. The molecule has 0 unspecified atom stereocenters. The number of benzene rings is 2. The van der Waals surface area contributed by atoms with Gasteiger partial charge in [0.15, 0.2) is 0 Å². The van der Waals surface area contributed by atoms with Crippen LogP contribution in [0.1, 0.15) is 11.1 Å². The largest absolute Gasteiger partial charge is 0.360 e. The highest BCUT2D eigenvalue weighted by Gasteiger charge is 2.19. The smallest absolute Gasteiger partial charge is 0.109 e. The Hall–Kier alpha value is -1.71. The molecule has 0 aromatic heterocycles. The first kappa shape index (κ1) is 14.2. The van der Waals surface area contributed by atoms with Crippen molar-refractivity contribution < 1.29 is 0 Å². The van der Waals surface area contributed by atoms with Gasteiger partial charge in [-0.05, 0) is 5.56 Å². The lowest BCUT2D eigenvalue weighted by Crippen LogP contribution is -2.47. The van der Waals surface area contributed by atoms with Gasteiger partial charge in [0.2, 0.25) is 0 Å². The zero-order valence-corrected chi connectivity index (χ0v) is 12.9. The number of hydrogen-bond donors (Lipinski definition) is 0. The van der Waals surface area contributed by atoms with Crippen molar-refractivity contribution in [3.8, 4) is 0 Å². The molecule has 0 spiro atoms. The van der Waals surface area contributed by atoms with E-state index >= 15 is 0 Å². The number of piperazine rings is 1. The van der Waals surface area contributed by atoms with E-state index in [1.165, 1.54) is 5.56 Å². The van der Waals surface area contributed by atoms with Crippen molar-refractivity contribution in [2.75, 3.05) is 26.2 Å². The van der Waals surface area contributed by atoms with Gasteiger partial charge in [0.05, 0.1) is 0 Å². The summed E-state index contributed by atoms with van der Waals surface area (Å²) < 4.78 is 0. The lowest BCUT2D eigenvalue weighted by molar-refractivity contribution is 0.177. The zero-order valence-electron chi connectivity index (χ0n) is 12.1. The van der Waals surface area contributed by atoms with Crippen LogP contribution in [0.4, 0.5) is 0 Å². The van der Waals surface area contributed by atoms with E-state index in [2.05, 4.69) is 52.3 Å². The first-order chi connectivity index (χ1) is 10.3. The van der Waals surface area contributed by atoms with Crippen LogP contribution in [0.2, 0.25) is 0 Å². The molecular weight excluding hydrogens is 276 g/mol. The highest BCUT2D eigenvalue weighted by Crippen LogP contribution is 2.12. The summed E-state index contributed by atoms with van der Waals surface area (Å²) in [6.45, 7) is 5.21. The van der Waals surface area contributed by atoms with E-state index < -0.39 is 0 Å². The molecule has 0 atom stereocenters. The molecule has 2 nitrogen and oxygen atoms in total. The second-order valence-corrected chi connectivity index (χ2v) is 5.81. The molecule has 21 heavy (non-hydrogen) atoms. The van der Waals surface area contributed by atoms with Crippen LogP contribution < -0.4 is 0 Å². The Morgan fingerprint density at radius 3 is 2.00 bits per heavy atom. The van der Waals surface area contributed by atoms with E-state index in [-0.39, 0.29) is 0 Å². The summed E-state index contributed by atoms with van der Waals surface area (Å²) in [6.07, 6.45) is 0. The van der Waals surface area contributed by atoms with Gasteiger partial charge in [-0.15, -0.1) is 0 Å². The molecule has 0 amide bonds. The molecule has 108 valence electrons. The Bertz CT molecular complexity index is 575. The van der Waals surface area contributed by atoms with Crippen LogP contribution in [0.25, 0.3) is 0 Å². The fraction of sp³-hybridized carbons (Fsp3) is 0.278. The van der Waals surface area contributed by atoms with Crippen molar-refractivity contribution in [1.82, 2.24) is 9.80 Å². The van der Waals surface area contributed by atoms with Crippen LogP contribution in [-0.4, -0.2) is 41.0 Å². The quantitative estimate of drug-likeness (QED) is 0.803. The highest BCUT2D eigenvalue weighted by atomic mass is 32.1. The molecule has 1 fully saturated rings. The molecule has 1 aliphatic heterocycles. The van der Waals surface area contributed by atoms with Crippen molar-refractivity contribution >= 4 is 17.2 Å². The third-order valence-corrected chi connectivity index (χ3v) is 4.42. The van der Waals surface area contributed by atoms with Gasteiger partial charge in [0, 0.05) is 38.3 Å². The van der Waals surface area contributed by atoms with Crippen molar-refractivity contribution in [3.63, 3.8) is 0 Å². The van der Waals surface area contributed by atoms with E-state index in [9.17, 15) is 0 Å². The zero-order chi connectivity index (χ0) is 14.5. The number of thiocarbonyl (C=S) groups is 1. The van der Waals surface area contributed by atoms with Gasteiger partial charge < -0.3 is 4.90 Å². The molecule has 0 N–H and O–H groups in total. The average Bonchev–Trinajstić information content (AvgIpc) is 2.57. The molecule has 1 saturated heterocycles. The first-order valence-corrected chi connectivity index (χ1v) is 7.84. The Labute approximate surface area is 132 Å². The molecule has 3 rings (SSSR count). The molecular formula is C18H20N2S. The monoisotopic (exact) mass is 296 g/mol. The predicted molar refractivity (Wildman–Crippen MR) is 91.4 cm³/mol. The molecule has 2 aromatic carbocycles. The maximum absolute atomic E-state index is 5.62. The molecule has 0 saturated carbocycles. The summed E-state index contributed by atoms with van der Waals surface area (Å²) in [5, 5.41) is 0. The van der Waals surface area contributed by atoms with Gasteiger partial charge >= 0.3 is 0 Å². The Kier molecular flexibility index (Phi) is 4.63. The summed E-state index contributed by atoms with van der Waals surface area (Å²) in [5.74, 6) is 0. The SMILES string of the molecule is S=C(c1ccccc1)N1CCN(Cc2ccccc2)CC1. The fourth-order valence-corrected chi connectivity index (χ4v) is 3.03. The van der Waals surface area contributed by atoms with Gasteiger partial charge in [-0.3, -0.25) is 4.90 Å². The fourth-order valence-electron chi connectivity index (χ4n) is 2.71. The summed E-state index contributed by atoms with van der Waals surface area (Å²) >= 11 is 5.62. The lowest BCUT2D eigenvalue weighted by atomic mass is 10.1. The standard InChI is InChI=1S/C18H20N2S/c21-18(17-9-5-2-6-10-17)20-13-11-19(12-14-20)15-16-7-3-1-4-8-16/h1-10H,11-15H2. The topological polar surface area (TPSA) is 6.48 Å². The van der Waals surface area contributed by atoms with Gasteiger partial charge in [-0.2, -0.15) is 0 Å². The molecule has 3 heteroatoms. The number of rotatable bonds is 3. The van der Waals surface area contributed by atoms with Crippen LogP contribution in [0.15, 0.2) is 60.7 Å². The van der Waals surface area contributed by atoms with Crippen LogP contribution >= 0.6 is 12.2 Å². The number of hydrogen-bond acceptors (Lipinski definition) is 2. The third kappa shape index (κ3) is 3.69. The number of nitrogens with zero attached hydrogens (tertiary/aromatic N) is 2. The maximum atomic E-state index is 5.62. The molecule has 1 aliphatic rings. The van der Waals surface area contributed by atoms with Crippen LogP contribution in [0, 0.1) is 0 Å². The van der Waals surface area contributed by atoms with Crippen LogP contribution in [-0.2, 0) is 6.54 Å².